The van der Waals surface area contributed by atoms with Crippen LogP contribution in [0.25, 0.3) is 10.9 Å². The number of anilines is 1. The van der Waals surface area contributed by atoms with Crippen LogP contribution in [-0.2, 0) is 18.0 Å². The molecule has 1 saturated heterocycles. The fourth-order valence-corrected chi connectivity index (χ4v) is 3.66. The third kappa shape index (κ3) is 3.54. The van der Waals surface area contributed by atoms with Gasteiger partial charge in [-0.15, -0.1) is 0 Å². The molecule has 8 heteroatoms. The highest BCUT2D eigenvalue weighted by molar-refractivity contribution is 6.31. The first-order valence-corrected chi connectivity index (χ1v) is 9.61. The Morgan fingerprint density at radius 3 is 2.61 bits per heavy atom. The van der Waals surface area contributed by atoms with Gasteiger partial charge in [-0.3, -0.25) is 9.48 Å². The van der Waals surface area contributed by atoms with Crippen LogP contribution in [0.4, 0.5) is 10.2 Å². The zero-order valence-corrected chi connectivity index (χ0v) is 16.4. The van der Waals surface area contributed by atoms with Gasteiger partial charge in [0.25, 0.3) is 0 Å². The van der Waals surface area contributed by atoms with Crippen LogP contribution in [-0.4, -0.2) is 51.8 Å². The predicted octanol–water partition coefficient (Wildman–Crippen LogP) is 3.21. The van der Waals surface area contributed by atoms with Crippen LogP contribution in [0.2, 0.25) is 5.02 Å². The number of para-hydroxylation sites is 1. The molecule has 0 radical (unpaired) electrons. The lowest BCUT2D eigenvalue weighted by atomic mass is 10.2. The van der Waals surface area contributed by atoms with Gasteiger partial charge in [-0.2, -0.15) is 5.10 Å². The molecule has 1 fully saturated rings. The third-order valence-corrected chi connectivity index (χ3v) is 5.64. The van der Waals surface area contributed by atoms with Gasteiger partial charge in [0.15, 0.2) is 0 Å². The molecule has 1 amide bonds. The normalized spacial score (nSPS) is 14.7. The first kappa shape index (κ1) is 18.7. The average molecular weight is 402 g/mol. The van der Waals surface area contributed by atoms with Crippen molar-refractivity contribution in [1.82, 2.24) is 19.7 Å². The summed E-state index contributed by atoms with van der Waals surface area (Å²) in [5, 5.41) is 5.50. The SMILES string of the molecule is Cc1c(Cl)c(CF)nn1CC(=O)N1CCN(c2ccc3ccccc3n2)CC1. The molecule has 1 aromatic carbocycles. The molecule has 2 aromatic heterocycles. The Morgan fingerprint density at radius 2 is 1.89 bits per heavy atom. The molecule has 3 heterocycles. The number of rotatable bonds is 4. The summed E-state index contributed by atoms with van der Waals surface area (Å²) in [6.07, 6.45) is 0. The standard InChI is InChI=1S/C20H21ClFN5O/c1-14-20(21)17(12-22)24-27(14)13-19(28)26-10-8-25(9-11-26)18-7-6-15-4-2-3-5-16(15)23-18/h2-7H,8-13H2,1H3. The average Bonchev–Trinajstić information content (AvgIpc) is 3.01. The lowest BCUT2D eigenvalue weighted by Gasteiger charge is -2.35. The minimum absolute atomic E-state index is 0.0428. The Labute approximate surface area is 167 Å². The number of fused-ring (bicyclic) bond motifs is 1. The van der Waals surface area contributed by atoms with Gasteiger partial charge in [-0.1, -0.05) is 29.8 Å². The van der Waals surface area contributed by atoms with Crippen LogP contribution >= 0.6 is 11.6 Å². The molecule has 0 unspecified atom stereocenters. The number of aromatic nitrogens is 3. The molecule has 0 spiro atoms. The second-order valence-electron chi connectivity index (χ2n) is 6.87. The van der Waals surface area contributed by atoms with Crippen molar-refractivity contribution in [3.8, 4) is 0 Å². The van der Waals surface area contributed by atoms with Crippen LogP contribution < -0.4 is 4.90 Å². The summed E-state index contributed by atoms with van der Waals surface area (Å²) >= 11 is 6.05. The predicted molar refractivity (Wildman–Crippen MR) is 107 cm³/mol. The number of carbonyl (C=O) groups excluding carboxylic acids is 1. The number of benzene rings is 1. The van der Waals surface area contributed by atoms with Gasteiger partial charge in [-0.25, -0.2) is 9.37 Å². The van der Waals surface area contributed by atoms with Gasteiger partial charge >= 0.3 is 0 Å². The van der Waals surface area contributed by atoms with Crippen LogP contribution in [0, 0.1) is 6.92 Å². The number of nitrogens with zero attached hydrogens (tertiary/aromatic N) is 5. The molecule has 1 aliphatic heterocycles. The molecular weight excluding hydrogens is 381 g/mol. The van der Waals surface area contributed by atoms with Crippen molar-refractivity contribution >= 4 is 34.2 Å². The smallest absolute Gasteiger partial charge is 0.244 e. The largest absolute Gasteiger partial charge is 0.353 e. The topological polar surface area (TPSA) is 54.3 Å². The highest BCUT2D eigenvalue weighted by Gasteiger charge is 2.23. The molecule has 6 nitrogen and oxygen atoms in total. The number of amides is 1. The van der Waals surface area contributed by atoms with E-state index in [1.807, 2.05) is 35.2 Å². The van der Waals surface area contributed by atoms with Gasteiger partial charge < -0.3 is 9.80 Å². The maximum absolute atomic E-state index is 12.9. The van der Waals surface area contributed by atoms with Crippen LogP contribution in [0.1, 0.15) is 11.4 Å². The van der Waals surface area contributed by atoms with Crippen LogP contribution in [0.3, 0.4) is 0 Å². The van der Waals surface area contributed by atoms with Crippen molar-refractivity contribution in [2.75, 3.05) is 31.1 Å². The summed E-state index contributed by atoms with van der Waals surface area (Å²) in [5.41, 5.74) is 1.76. The molecular formula is C20H21ClFN5O. The molecule has 0 saturated carbocycles. The summed E-state index contributed by atoms with van der Waals surface area (Å²) in [5.74, 6) is 0.881. The molecule has 4 rings (SSSR count). The summed E-state index contributed by atoms with van der Waals surface area (Å²) < 4.78 is 14.4. The summed E-state index contributed by atoms with van der Waals surface area (Å²) in [7, 11) is 0. The zero-order valence-electron chi connectivity index (χ0n) is 15.6. The van der Waals surface area contributed by atoms with Crippen molar-refractivity contribution < 1.29 is 9.18 Å². The number of pyridine rings is 1. The van der Waals surface area contributed by atoms with Crippen LogP contribution in [0.5, 0.6) is 0 Å². The van der Waals surface area contributed by atoms with E-state index in [9.17, 15) is 9.18 Å². The Balaban J connectivity index is 1.40. The van der Waals surface area contributed by atoms with E-state index in [0.717, 1.165) is 16.7 Å². The summed E-state index contributed by atoms with van der Waals surface area (Å²) in [6, 6.07) is 12.1. The number of alkyl halides is 1. The molecule has 3 aromatic rings. The zero-order chi connectivity index (χ0) is 19.7. The minimum Gasteiger partial charge on any atom is -0.353 e. The molecule has 0 aliphatic carbocycles. The maximum atomic E-state index is 12.9. The first-order valence-electron chi connectivity index (χ1n) is 9.23. The van der Waals surface area contributed by atoms with Gasteiger partial charge in [0, 0.05) is 31.6 Å². The molecule has 0 atom stereocenters. The molecule has 1 aliphatic rings. The first-order chi connectivity index (χ1) is 13.6. The second kappa shape index (κ2) is 7.75. The van der Waals surface area contributed by atoms with Gasteiger partial charge in [0.2, 0.25) is 5.91 Å². The van der Waals surface area contributed by atoms with Crippen molar-refractivity contribution in [1.29, 1.82) is 0 Å². The van der Waals surface area contributed by atoms with Gasteiger partial charge in [0.05, 0.1) is 16.2 Å². The summed E-state index contributed by atoms with van der Waals surface area (Å²) in [4.78, 5) is 21.4. The fourth-order valence-electron chi connectivity index (χ4n) is 3.47. The second-order valence-corrected chi connectivity index (χ2v) is 7.25. The number of hydrogen-bond donors (Lipinski definition) is 0. The summed E-state index contributed by atoms with van der Waals surface area (Å²) in [6.45, 7) is 3.72. The number of piperazine rings is 1. The maximum Gasteiger partial charge on any atom is 0.244 e. The quantitative estimate of drug-likeness (QED) is 0.673. The van der Waals surface area contributed by atoms with Gasteiger partial charge in [0.1, 0.15) is 24.7 Å². The Hall–Kier alpha value is -2.67. The fraction of sp³-hybridized carbons (Fsp3) is 0.350. The van der Waals surface area contributed by atoms with E-state index in [0.29, 0.717) is 36.9 Å². The molecule has 28 heavy (non-hydrogen) atoms. The third-order valence-electron chi connectivity index (χ3n) is 5.15. The lowest BCUT2D eigenvalue weighted by molar-refractivity contribution is -0.132. The molecule has 0 N–H and O–H groups in total. The highest BCUT2D eigenvalue weighted by Crippen LogP contribution is 2.22. The van der Waals surface area contributed by atoms with Gasteiger partial charge in [-0.05, 0) is 25.1 Å². The number of halogens is 2. The molecule has 0 bridgehead atoms. The van der Waals surface area contributed by atoms with E-state index in [4.69, 9.17) is 16.6 Å². The van der Waals surface area contributed by atoms with E-state index in [-0.39, 0.29) is 18.1 Å². The van der Waals surface area contributed by atoms with E-state index in [1.165, 1.54) is 4.68 Å². The van der Waals surface area contributed by atoms with Crippen molar-refractivity contribution in [3.63, 3.8) is 0 Å². The van der Waals surface area contributed by atoms with Crippen molar-refractivity contribution in [3.05, 3.63) is 52.8 Å². The number of carbonyl (C=O) groups is 1. The van der Waals surface area contributed by atoms with E-state index < -0.39 is 6.67 Å². The lowest BCUT2D eigenvalue weighted by Crippen LogP contribution is -2.50. The number of hydrogen-bond acceptors (Lipinski definition) is 4. The van der Waals surface area contributed by atoms with Crippen LogP contribution in [0.15, 0.2) is 36.4 Å². The van der Waals surface area contributed by atoms with E-state index in [2.05, 4.69) is 16.1 Å². The highest BCUT2D eigenvalue weighted by atomic mass is 35.5. The van der Waals surface area contributed by atoms with E-state index in [1.54, 1.807) is 6.92 Å². The van der Waals surface area contributed by atoms with Crippen molar-refractivity contribution in [2.24, 2.45) is 0 Å². The monoisotopic (exact) mass is 401 g/mol. The molecule has 146 valence electrons. The van der Waals surface area contributed by atoms with Crippen molar-refractivity contribution in [2.45, 2.75) is 20.1 Å². The Kier molecular flexibility index (Phi) is 5.17. The minimum atomic E-state index is -0.738. The van der Waals surface area contributed by atoms with E-state index >= 15 is 0 Å². The Bertz CT molecular complexity index is 1010. The Morgan fingerprint density at radius 1 is 1.14 bits per heavy atom.